The quantitative estimate of drug-likeness (QED) is 0.415. The summed E-state index contributed by atoms with van der Waals surface area (Å²) in [6, 6.07) is 14.5. The number of nitro groups is 1. The zero-order valence-corrected chi connectivity index (χ0v) is 12.3. The van der Waals surface area contributed by atoms with Crippen LogP contribution in [0.4, 0.5) is 5.69 Å². The molecule has 1 aromatic heterocycles. The maximum absolute atomic E-state index is 11.3. The predicted octanol–water partition coefficient (Wildman–Crippen LogP) is 3.84. The summed E-state index contributed by atoms with van der Waals surface area (Å²) in [4.78, 5) is 21.9. The SMILES string of the molecule is CC(Oc1ccc2ccc(=O)oc2c1)c1ccccc1[N+](=O)[O-]. The van der Waals surface area contributed by atoms with Crippen molar-refractivity contribution in [3.8, 4) is 5.75 Å². The van der Waals surface area contributed by atoms with Gasteiger partial charge in [-0.1, -0.05) is 12.1 Å². The molecule has 6 nitrogen and oxygen atoms in total. The lowest BCUT2D eigenvalue weighted by Crippen LogP contribution is -2.06. The zero-order valence-electron chi connectivity index (χ0n) is 12.3. The van der Waals surface area contributed by atoms with Crippen LogP contribution in [-0.2, 0) is 0 Å². The fraction of sp³-hybridized carbons (Fsp3) is 0.118. The number of para-hydroxylation sites is 1. The van der Waals surface area contributed by atoms with Gasteiger partial charge in [-0.25, -0.2) is 4.79 Å². The Balaban J connectivity index is 1.92. The first-order valence-corrected chi connectivity index (χ1v) is 6.98. The van der Waals surface area contributed by atoms with Crippen LogP contribution in [0.15, 0.2) is 63.8 Å². The number of ether oxygens (including phenoxy) is 1. The molecule has 23 heavy (non-hydrogen) atoms. The molecule has 3 aromatic rings. The lowest BCUT2D eigenvalue weighted by atomic mass is 10.1. The van der Waals surface area contributed by atoms with Crippen molar-refractivity contribution in [1.82, 2.24) is 0 Å². The summed E-state index contributed by atoms with van der Waals surface area (Å²) in [7, 11) is 0. The van der Waals surface area contributed by atoms with Gasteiger partial charge in [0.2, 0.25) is 0 Å². The Bertz CT molecular complexity index is 931. The van der Waals surface area contributed by atoms with Gasteiger partial charge in [-0.3, -0.25) is 10.1 Å². The summed E-state index contributed by atoms with van der Waals surface area (Å²) in [5.41, 5.74) is 0.450. The Morgan fingerprint density at radius 2 is 1.87 bits per heavy atom. The smallest absolute Gasteiger partial charge is 0.336 e. The van der Waals surface area contributed by atoms with Gasteiger partial charge in [0.05, 0.1) is 10.5 Å². The van der Waals surface area contributed by atoms with Gasteiger partial charge in [0, 0.05) is 23.6 Å². The van der Waals surface area contributed by atoms with Gasteiger partial charge in [-0.15, -0.1) is 0 Å². The van der Waals surface area contributed by atoms with Crippen LogP contribution in [-0.4, -0.2) is 4.92 Å². The molecule has 116 valence electrons. The van der Waals surface area contributed by atoms with E-state index in [0.29, 0.717) is 16.9 Å². The molecule has 0 amide bonds. The third kappa shape index (κ3) is 3.06. The molecule has 0 spiro atoms. The van der Waals surface area contributed by atoms with E-state index in [1.807, 2.05) is 0 Å². The molecule has 1 heterocycles. The molecule has 0 N–H and O–H groups in total. The first-order valence-electron chi connectivity index (χ1n) is 6.98. The first-order chi connectivity index (χ1) is 11.0. The van der Waals surface area contributed by atoms with Crippen LogP contribution in [0.3, 0.4) is 0 Å². The van der Waals surface area contributed by atoms with Gasteiger partial charge in [0.1, 0.15) is 17.4 Å². The van der Waals surface area contributed by atoms with Gasteiger partial charge in [-0.2, -0.15) is 0 Å². The molecular weight excluding hydrogens is 298 g/mol. The Hall–Kier alpha value is -3.15. The van der Waals surface area contributed by atoms with Crippen LogP contribution in [0.1, 0.15) is 18.6 Å². The fourth-order valence-electron chi connectivity index (χ4n) is 2.38. The van der Waals surface area contributed by atoms with E-state index in [0.717, 1.165) is 5.39 Å². The van der Waals surface area contributed by atoms with E-state index in [4.69, 9.17) is 9.15 Å². The Kier molecular flexibility index (Phi) is 3.80. The standard InChI is InChI=1S/C17H13NO5/c1-11(14-4-2-3-5-15(14)18(20)21)22-13-8-6-12-7-9-17(19)23-16(12)10-13/h2-11H,1H3. The maximum atomic E-state index is 11.3. The Morgan fingerprint density at radius 3 is 2.65 bits per heavy atom. The van der Waals surface area contributed by atoms with Crippen molar-refractivity contribution in [2.45, 2.75) is 13.0 Å². The average Bonchev–Trinajstić information content (AvgIpc) is 2.54. The summed E-state index contributed by atoms with van der Waals surface area (Å²) >= 11 is 0. The van der Waals surface area contributed by atoms with Crippen LogP contribution in [0.2, 0.25) is 0 Å². The fourth-order valence-corrected chi connectivity index (χ4v) is 2.38. The molecule has 0 aliphatic rings. The topological polar surface area (TPSA) is 82.6 Å². The van der Waals surface area contributed by atoms with Gasteiger partial charge in [0.25, 0.3) is 5.69 Å². The Morgan fingerprint density at radius 1 is 1.13 bits per heavy atom. The maximum Gasteiger partial charge on any atom is 0.336 e. The number of rotatable bonds is 4. The molecule has 6 heteroatoms. The van der Waals surface area contributed by atoms with Crippen molar-refractivity contribution in [3.05, 3.63) is 80.7 Å². The summed E-state index contributed by atoms with van der Waals surface area (Å²) in [5.74, 6) is 0.470. The number of nitrogens with zero attached hydrogens (tertiary/aromatic N) is 1. The summed E-state index contributed by atoms with van der Waals surface area (Å²) in [5, 5.41) is 11.9. The second-order valence-electron chi connectivity index (χ2n) is 5.03. The number of benzene rings is 2. The number of hydrogen-bond donors (Lipinski definition) is 0. The van der Waals surface area contributed by atoms with E-state index in [2.05, 4.69) is 0 Å². The molecule has 2 aromatic carbocycles. The predicted molar refractivity (Wildman–Crippen MR) is 84.6 cm³/mol. The molecule has 3 rings (SSSR count). The van der Waals surface area contributed by atoms with E-state index in [1.54, 1.807) is 49.4 Å². The molecule has 0 fully saturated rings. The normalized spacial score (nSPS) is 12.0. The molecule has 0 saturated heterocycles. The van der Waals surface area contributed by atoms with Crippen molar-refractivity contribution in [2.75, 3.05) is 0 Å². The molecule has 1 atom stereocenters. The molecule has 0 radical (unpaired) electrons. The van der Waals surface area contributed by atoms with Gasteiger partial charge >= 0.3 is 5.63 Å². The zero-order chi connectivity index (χ0) is 16.4. The number of hydrogen-bond acceptors (Lipinski definition) is 5. The van der Waals surface area contributed by atoms with Crippen molar-refractivity contribution in [2.24, 2.45) is 0 Å². The minimum atomic E-state index is -0.524. The summed E-state index contributed by atoms with van der Waals surface area (Å²) < 4.78 is 10.9. The molecule has 0 aliphatic carbocycles. The van der Waals surface area contributed by atoms with Crippen LogP contribution >= 0.6 is 0 Å². The second kappa shape index (κ2) is 5.92. The van der Waals surface area contributed by atoms with E-state index in [9.17, 15) is 14.9 Å². The number of fused-ring (bicyclic) bond motifs is 1. The molecule has 0 aliphatic heterocycles. The van der Waals surface area contributed by atoms with Crippen LogP contribution in [0.5, 0.6) is 5.75 Å². The molecular formula is C17H13NO5. The largest absolute Gasteiger partial charge is 0.486 e. The minimum absolute atomic E-state index is 0.00678. The highest BCUT2D eigenvalue weighted by molar-refractivity contribution is 5.77. The van der Waals surface area contributed by atoms with Crippen LogP contribution < -0.4 is 10.4 Å². The highest BCUT2D eigenvalue weighted by Gasteiger charge is 2.19. The molecule has 0 saturated carbocycles. The lowest BCUT2D eigenvalue weighted by molar-refractivity contribution is -0.386. The van der Waals surface area contributed by atoms with Gasteiger partial charge in [0.15, 0.2) is 0 Å². The average molecular weight is 311 g/mol. The van der Waals surface area contributed by atoms with Crippen molar-refractivity contribution in [1.29, 1.82) is 0 Å². The van der Waals surface area contributed by atoms with E-state index in [-0.39, 0.29) is 5.69 Å². The third-order valence-corrected chi connectivity index (χ3v) is 3.48. The van der Waals surface area contributed by atoms with E-state index >= 15 is 0 Å². The highest BCUT2D eigenvalue weighted by atomic mass is 16.6. The number of nitro benzene ring substituents is 1. The summed E-state index contributed by atoms with van der Waals surface area (Å²) in [6.07, 6.45) is -0.524. The van der Waals surface area contributed by atoms with E-state index < -0.39 is 16.7 Å². The Labute approximate surface area is 131 Å². The van der Waals surface area contributed by atoms with E-state index in [1.165, 1.54) is 12.1 Å². The third-order valence-electron chi connectivity index (χ3n) is 3.48. The monoisotopic (exact) mass is 311 g/mol. The van der Waals surface area contributed by atoms with Gasteiger partial charge < -0.3 is 9.15 Å². The van der Waals surface area contributed by atoms with Gasteiger partial charge in [-0.05, 0) is 31.2 Å². The van der Waals surface area contributed by atoms with Crippen molar-refractivity contribution in [3.63, 3.8) is 0 Å². The summed E-state index contributed by atoms with van der Waals surface area (Å²) in [6.45, 7) is 1.73. The van der Waals surface area contributed by atoms with Crippen LogP contribution in [0.25, 0.3) is 11.0 Å². The lowest BCUT2D eigenvalue weighted by Gasteiger charge is -2.15. The molecule has 0 bridgehead atoms. The highest BCUT2D eigenvalue weighted by Crippen LogP contribution is 2.29. The minimum Gasteiger partial charge on any atom is -0.486 e. The molecule has 1 unspecified atom stereocenters. The van der Waals surface area contributed by atoms with Crippen molar-refractivity contribution >= 4 is 16.7 Å². The van der Waals surface area contributed by atoms with Crippen molar-refractivity contribution < 1.29 is 14.1 Å². The second-order valence-corrected chi connectivity index (χ2v) is 5.03. The van der Waals surface area contributed by atoms with Crippen LogP contribution in [0, 0.1) is 10.1 Å². The first kappa shape index (κ1) is 14.8.